The zero-order valence-corrected chi connectivity index (χ0v) is 14.1. The molecular weight excluding hydrogens is 294 g/mol. The summed E-state index contributed by atoms with van der Waals surface area (Å²) in [6, 6.07) is 4.71. The number of likely N-dealkylation sites (tertiary alicyclic amines) is 1. The normalized spacial score (nSPS) is 18.9. The highest BCUT2D eigenvalue weighted by Crippen LogP contribution is 2.26. The number of nitrogens with zero attached hydrogens (tertiary/aromatic N) is 5. The van der Waals surface area contributed by atoms with E-state index in [-0.39, 0.29) is 0 Å². The lowest BCUT2D eigenvalue weighted by Gasteiger charge is -2.18. The average Bonchev–Trinajstić information content (AvgIpc) is 3.14. The van der Waals surface area contributed by atoms with E-state index < -0.39 is 0 Å². The van der Waals surface area contributed by atoms with Gasteiger partial charge in [-0.25, -0.2) is 0 Å². The molecule has 0 N–H and O–H groups in total. The minimum Gasteiger partial charge on any atom is -0.303 e. The van der Waals surface area contributed by atoms with Gasteiger partial charge in [0.05, 0.1) is 0 Å². The van der Waals surface area contributed by atoms with E-state index in [1.807, 2.05) is 30.1 Å². The predicted molar refractivity (Wildman–Crippen MR) is 89.9 cm³/mol. The second-order valence-corrected chi connectivity index (χ2v) is 6.77. The van der Waals surface area contributed by atoms with Gasteiger partial charge in [0, 0.05) is 36.3 Å². The maximum atomic E-state index is 4.38. The summed E-state index contributed by atoms with van der Waals surface area (Å²) in [6.07, 6.45) is 7.52. The van der Waals surface area contributed by atoms with Crippen molar-refractivity contribution in [2.24, 2.45) is 0 Å². The zero-order valence-electron chi connectivity index (χ0n) is 13.3. The SMILES string of the molecule is CCn1c(SCC[C@H]2CCCN2C)nnc1-c1cccnc1. The molecule has 0 aromatic carbocycles. The van der Waals surface area contributed by atoms with Crippen LogP contribution in [0.3, 0.4) is 0 Å². The van der Waals surface area contributed by atoms with Crippen LogP contribution in [0.5, 0.6) is 0 Å². The molecule has 5 nitrogen and oxygen atoms in total. The van der Waals surface area contributed by atoms with Crippen molar-refractivity contribution in [3.05, 3.63) is 24.5 Å². The summed E-state index contributed by atoms with van der Waals surface area (Å²) >= 11 is 1.82. The van der Waals surface area contributed by atoms with Gasteiger partial charge in [-0.3, -0.25) is 4.98 Å². The Kier molecular flexibility index (Phi) is 5.10. The number of aromatic nitrogens is 4. The van der Waals surface area contributed by atoms with Crippen LogP contribution in [0.25, 0.3) is 11.4 Å². The lowest BCUT2D eigenvalue weighted by Crippen LogP contribution is -2.25. The van der Waals surface area contributed by atoms with Crippen LogP contribution in [0.2, 0.25) is 0 Å². The lowest BCUT2D eigenvalue weighted by molar-refractivity contribution is 0.305. The molecule has 0 amide bonds. The van der Waals surface area contributed by atoms with Gasteiger partial charge >= 0.3 is 0 Å². The summed E-state index contributed by atoms with van der Waals surface area (Å²) in [5, 5.41) is 9.76. The smallest absolute Gasteiger partial charge is 0.191 e. The molecule has 2 aromatic heterocycles. The van der Waals surface area contributed by atoms with Crippen LogP contribution in [0.1, 0.15) is 26.2 Å². The highest BCUT2D eigenvalue weighted by Gasteiger charge is 2.21. The minimum atomic E-state index is 0.739. The van der Waals surface area contributed by atoms with Crippen molar-refractivity contribution in [2.45, 2.75) is 43.9 Å². The molecule has 0 unspecified atom stereocenters. The van der Waals surface area contributed by atoms with E-state index >= 15 is 0 Å². The van der Waals surface area contributed by atoms with E-state index in [1.165, 1.54) is 25.8 Å². The summed E-state index contributed by atoms with van der Waals surface area (Å²) in [5.41, 5.74) is 1.03. The van der Waals surface area contributed by atoms with Crippen molar-refractivity contribution in [1.29, 1.82) is 0 Å². The molecule has 1 aliphatic heterocycles. The molecule has 0 radical (unpaired) electrons. The zero-order chi connectivity index (χ0) is 15.4. The topological polar surface area (TPSA) is 46.8 Å². The summed E-state index contributed by atoms with van der Waals surface area (Å²) < 4.78 is 2.18. The Bertz CT molecular complexity index is 598. The Morgan fingerprint density at radius 2 is 2.27 bits per heavy atom. The number of hydrogen-bond acceptors (Lipinski definition) is 5. The quantitative estimate of drug-likeness (QED) is 0.767. The molecule has 3 heterocycles. The van der Waals surface area contributed by atoms with Crippen molar-refractivity contribution in [1.82, 2.24) is 24.6 Å². The second-order valence-electron chi connectivity index (χ2n) is 5.71. The molecular formula is C16H23N5S. The molecule has 2 aromatic rings. The van der Waals surface area contributed by atoms with Gasteiger partial charge in [0.25, 0.3) is 0 Å². The number of hydrogen-bond donors (Lipinski definition) is 0. The largest absolute Gasteiger partial charge is 0.303 e. The van der Waals surface area contributed by atoms with Gasteiger partial charge < -0.3 is 9.47 Å². The Labute approximate surface area is 136 Å². The first-order valence-corrected chi connectivity index (χ1v) is 8.94. The number of thioether (sulfide) groups is 1. The molecule has 3 rings (SSSR count). The molecule has 118 valence electrons. The predicted octanol–water partition coefficient (Wildman–Crippen LogP) is 2.94. The summed E-state index contributed by atoms with van der Waals surface area (Å²) in [4.78, 5) is 6.65. The molecule has 1 aliphatic rings. The molecule has 0 aliphatic carbocycles. The monoisotopic (exact) mass is 317 g/mol. The molecule has 1 fully saturated rings. The molecule has 1 atom stereocenters. The fraction of sp³-hybridized carbons (Fsp3) is 0.562. The molecule has 0 spiro atoms. The highest BCUT2D eigenvalue weighted by atomic mass is 32.2. The maximum Gasteiger partial charge on any atom is 0.191 e. The van der Waals surface area contributed by atoms with Crippen LogP contribution in [0, 0.1) is 0 Å². The van der Waals surface area contributed by atoms with Crippen LogP contribution >= 0.6 is 11.8 Å². The van der Waals surface area contributed by atoms with Crippen LogP contribution in [-0.4, -0.2) is 50.0 Å². The number of rotatable bonds is 6. The average molecular weight is 317 g/mol. The molecule has 22 heavy (non-hydrogen) atoms. The second kappa shape index (κ2) is 7.24. The Balaban J connectivity index is 1.65. The van der Waals surface area contributed by atoms with Gasteiger partial charge in [0.2, 0.25) is 0 Å². The standard InChI is InChI=1S/C16H23N5S/c1-3-21-15(13-6-4-9-17-12-13)18-19-16(21)22-11-8-14-7-5-10-20(14)2/h4,6,9,12,14H,3,5,7-8,10-11H2,1-2H3/t14-/m1/s1. The van der Waals surface area contributed by atoms with Gasteiger partial charge in [-0.1, -0.05) is 11.8 Å². The van der Waals surface area contributed by atoms with Crippen molar-refractivity contribution in [2.75, 3.05) is 19.3 Å². The lowest BCUT2D eigenvalue weighted by atomic mass is 10.2. The fourth-order valence-corrected chi connectivity index (χ4v) is 4.06. The van der Waals surface area contributed by atoms with Crippen LogP contribution in [0.15, 0.2) is 29.7 Å². The number of pyridine rings is 1. The Morgan fingerprint density at radius 1 is 1.36 bits per heavy atom. The first-order valence-electron chi connectivity index (χ1n) is 7.96. The Morgan fingerprint density at radius 3 is 2.95 bits per heavy atom. The molecule has 6 heteroatoms. The Hall–Kier alpha value is -1.40. The summed E-state index contributed by atoms with van der Waals surface area (Å²) in [5.74, 6) is 2.01. The van der Waals surface area contributed by atoms with E-state index in [0.29, 0.717) is 0 Å². The van der Waals surface area contributed by atoms with Crippen LogP contribution in [-0.2, 0) is 6.54 Å². The fourth-order valence-electron chi connectivity index (χ4n) is 3.02. The van der Waals surface area contributed by atoms with E-state index in [0.717, 1.165) is 34.9 Å². The third kappa shape index (κ3) is 3.33. The van der Waals surface area contributed by atoms with E-state index in [4.69, 9.17) is 0 Å². The van der Waals surface area contributed by atoms with Gasteiger partial charge in [0.1, 0.15) is 0 Å². The third-order valence-electron chi connectivity index (χ3n) is 4.31. The minimum absolute atomic E-state index is 0.739. The first-order chi connectivity index (χ1) is 10.8. The van der Waals surface area contributed by atoms with E-state index in [9.17, 15) is 0 Å². The van der Waals surface area contributed by atoms with Crippen LogP contribution < -0.4 is 0 Å². The van der Waals surface area contributed by atoms with E-state index in [1.54, 1.807) is 6.20 Å². The van der Waals surface area contributed by atoms with Crippen molar-refractivity contribution in [3.8, 4) is 11.4 Å². The highest BCUT2D eigenvalue weighted by molar-refractivity contribution is 7.99. The van der Waals surface area contributed by atoms with Gasteiger partial charge in [0.15, 0.2) is 11.0 Å². The summed E-state index contributed by atoms with van der Waals surface area (Å²) in [7, 11) is 2.23. The van der Waals surface area contributed by atoms with Crippen molar-refractivity contribution < 1.29 is 0 Å². The van der Waals surface area contributed by atoms with Crippen LogP contribution in [0.4, 0.5) is 0 Å². The molecule has 0 bridgehead atoms. The molecule has 0 saturated carbocycles. The van der Waals surface area contributed by atoms with Crippen molar-refractivity contribution in [3.63, 3.8) is 0 Å². The summed E-state index contributed by atoms with van der Waals surface area (Å²) in [6.45, 7) is 4.26. The van der Waals surface area contributed by atoms with Crippen molar-refractivity contribution >= 4 is 11.8 Å². The third-order valence-corrected chi connectivity index (χ3v) is 5.31. The maximum absolute atomic E-state index is 4.38. The van der Waals surface area contributed by atoms with Gasteiger partial charge in [-0.15, -0.1) is 10.2 Å². The van der Waals surface area contributed by atoms with Gasteiger partial charge in [-0.05, 0) is 51.9 Å². The molecule has 1 saturated heterocycles. The van der Waals surface area contributed by atoms with Gasteiger partial charge in [-0.2, -0.15) is 0 Å². The first kappa shape index (κ1) is 15.5. The van der Waals surface area contributed by atoms with E-state index in [2.05, 4.69) is 38.6 Å².